The molecule has 0 heterocycles. The molecule has 0 aliphatic heterocycles. The molecule has 0 saturated heterocycles. The smallest absolute Gasteiger partial charge is 0.0726 e. The summed E-state index contributed by atoms with van der Waals surface area (Å²) in [5.74, 6) is 0. The molecule has 1 spiro atoms. The maximum Gasteiger partial charge on any atom is 0.0726 e. The standard InChI is InChI=1S/C62H41N/c1-4-19-42(20-5-1)43-35-37-46(38-36-43)63(59-34-18-33-57-60(59)52-28-13-17-32-56(52)61(57,44-21-6-2-7-22-44)45-23-8-3-9-24-45)47-39-40-51-50-27-12-16-31-55(50)62(58(51)41-47)53-29-14-10-25-48(53)49-26-11-15-30-54(49)62/h1-41H. The van der Waals surface area contributed by atoms with E-state index in [0.29, 0.717) is 0 Å². The number of nitrogens with zero attached hydrogens (tertiary/aromatic N) is 1. The van der Waals surface area contributed by atoms with Crippen LogP contribution in [0, 0.1) is 0 Å². The van der Waals surface area contributed by atoms with E-state index in [1.54, 1.807) is 0 Å². The highest BCUT2D eigenvalue weighted by Gasteiger charge is 2.52. The first kappa shape index (κ1) is 35.7. The number of rotatable bonds is 6. The minimum atomic E-state index is -0.520. The van der Waals surface area contributed by atoms with E-state index in [-0.39, 0.29) is 0 Å². The largest absolute Gasteiger partial charge is 0.310 e. The first-order valence-electron chi connectivity index (χ1n) is 22.0. The van der Waals surface area contributed by atoms with Crippen LogP contribution in [0.5, 0.6) is 0 Å². The van der Waals surface area contributed by atoms with E-state index in [1.807, 2.05) is 0 Å². The Morgan fingerprint density at radius 3 is 1.22 bits per heavy atom. The van der Waals surface area contributed by atoms with Crippen LogP contribution in [0.1, 0.15) is 44.5 Å². The second-order valence-electron chi connectivity index (χ2n) is 17.1. The third-order valence-electron chi connectivity index (χ3n) is 14.2. The van der Waals surface area contributed by atoms with Gasteiger partial charge in [-0.25, -0.2) is 0 Å². The molecule has 0 fully saturated rings. The van der Waals surface area contributed by atoms with Gasteiger partial charge in [-0.1, -0.05) is 218 Å². The Balaban J connectivity index is 1.10. The van der Waals surface area contributed by atoms with Crippen molar-refractivity contribution < 1.29 is 0 Å². The van der Waals surface area contributed by atoms with Crippen molar-refractivity contribution in [2.45, 2.75) is 10.8 Å². The van der Waals surface area contributed by atoms with Gasteiger partial charge in [0.15, 0.2) is 0 Å². The van der Waals surface area contributed by atoms with Gasteiger partial charge in [0.25, 0.3) is 0 Å². The highest BCUT2D eigenvalue weighted by Crippen LogP contribution is 2.64. The monoisotopic (exact) mass is 799 g/mol. The van der Waals surface area contributed by atoms with Crippen LogP contribution in [-0.4, -0.2) is 0 Å². The molecule has 10 aromatic carbocycles. The Hall–Kier alpha value is -8.00. The SMILES string of the molecule is c1ccc(-c2ccc(N(c3ccc4c(c3)C3(c5ccccc5-c5ccccc53)c3ccccc3-4)c3cccc4c3-c3ccccc3C4(c3ccccc3)c3ccccc3)cc2)cc1. The van der Waals surface area contributed by atoms with Crippen LogP contribution in [0.15, 0.2) is 249 Å². The predicted octanol–water partition coefficient (Wildman–Crippen LogP) is 15.5. The van der Waals surface area contributed by atoms with Gasteiger partial charge < -0.3 is 4.90 Å². The lowest BCUT2D eigenvalue weighted by Gasteiger charge is -2.35. The lowest BCUT2D eigenvalue weighted by Crippen LogP contribution is -2.28. The maximum atomic E-state index is 2.53. The summed E-state index contributed by atoms with van der Waals surface area (Å²) in [6.07, 6.45) is 0. The number of fused-ring (bicyclic) bond motifs is 13. The van der Waals surface area contributed by atoms with Crippen molar-refractivity contribution >= 4 is 17.1 Å². The minimum Gasteiger partial charge on any atom is -0.310 e. The van der Waals surface area contributed by atoms with Crippen molar-refractivity contribution in [3.05, 3.63) is 293 Å². The Bertz CT molecular complexity index is 3280. The summed E-state index contributed by atoms with van der Waals surface area (Å²) in [6.45, 7) is 0. The molecule has 0 atom stereocenters. The van der Waals surface area contributed by atoms with Crippen LogP contribution in [0.3, 0.4) is 0 Å². The van der Waals surface area contributed by atoms with Gasteiger partial charge in [0.05, 0.1) is 16.5 Å². The zero-order chi connectivity index (χ0) is 41.5. The molecule has 10 aromatic rings. The van der Waals surface area contributed by atoms with Gasteiger partial charge in [0, 0.05) is 16.9 Å². The zero-order valence-electron chi connectivity index (χ0n) is 34.6. The summed E-state index contributed by atoms with van der Waals surface area (Å²) < 4.78 is 0. The summed E-state index contributed by atoms with van der Waals surface area (Å²) in [5, 5.41) is 0. The molecule has 0 aromatic heterocycles. The quantitative estimate of drug-likeness (QED) is 0.162. The lowest BCUT2D eigenvalue weighted by atomic mass is 9.68. The summed E-state index contributed by atoms with van der Waals surface area (Å²) >= 11 is 0. The fourth-order valence-electron chi connectivity index (χ4n) is 11.7. The van der Waals surface area contributed by atoms with Crippen molar-refractivity contribution in [3.8, 4) is 44.5 Å². The van der Waals surface area contributed by atoms with E-state index in [9.17, 15) is 0 Å². The molecule has 0 saturated carbocycles. The fraction of sp³-hybridized carbons (Fsp3) is 0.0323. The molecule has 1 heteroatoms. The molecule has 1 nitrogen and oxygen atoms in total. The van der Waals surface area contributed by atoms with Crippen LogP contribution in [0.4, 0.5) is 17.1 Å². The van der Waals surface area contributed by atoms with Crippen LogP contribution >= 0.6 is 0 Å². The third kappa shape index (κ3) is 4.88. The first-order valence-corrected chi connectivity index (χ1v) is 22.0. The lowest BCUT2D eigenvalue weighted by molar-refractivity contribution is 0.768. The number of hydrogen-bond donors (Lipinski definition) is 0. The Labute approximate surface area is 368 Å². The van der Waals surface area contributed by atoms with Crippen LogP contribution in [0.25, 0.3) is 44.5 Å². The topological polar surface area (TPSA) is 3.24 Å². The predicted molar refractivity (Wildman–Crippen MR) is 260 cm³/mol. The Kier molecular flexibility index (Phi) is 7.80. The molecule has 63 heavy (non-hydrogen) atoms. The van der Waals surface area contributed by atoms with Crippen LogP contribution in [0.2, 0.25) is 0 Å². The molecule has 0 amide bonds. The summed E-state index contributed by atoms with van der Waals surface area (Å²) in [7, 11) is 0. The number of benzene rings is 10. The van der Waals surface area contributed by atoms with Crippen LogP contribution in [-0.2, 0) is 10.8 Å². The van der Waals surface area contributed by atoms with Gasteiger partial charge in [-0.2, -0.15) is 0 Å². The summed E-state index contributed by atoms with van der Waals surface area (Å²) in [4.78, 5) is 2.53. The normalized spacial score (nSPS) is 14.0. The number of hydrogen-bond acceptors (Lipinski definition) is 1. The third-order valence-corrected chi connectivity index (χ3v) is 14.2. The van der Waals surface area contributed by atoms with Crippen molar-refractivity contribution in [1.82, 2.24) is 0 Å². The van der Waals surface area contributed by atoms with Gasteiger partial charge in [0.1, 0.15) is 0 Å². The van der Waals surface area contributed by atoms with Crippen molar-refractivity contribution in [2.75, 3.05) is 4.90 Å². The first-order chi connectivity index (χ1) is 31.3. The summed E-state index contributed by atoms with van der Waals surface area (Å²) in [6, 6.07) is 92.7. The van der Waals surface area contributed by atoms with E-state index in [2.05, 4.69) is 254 Å². The van der Waals surface area contributed by atoms with Gasteiger partial charge in [-0.15, -0.1) is 0 Å². The molecular formula is C62H41N. The van der Waals surface area contributed by atoms with E-state index in [0.717, 1.165) is 17.1 Å². The fourth-order valence-corrected chi connectivity index (χ4v) is 11.7. The van der Waals surface area contributed by atoms with E-state index >= 15 is 0 Å². The van der Waals surface area contributed by atoms with Gasteiger partial charge in [-0.05, 0) is 114 Å². The van der Waals surface area contributed by atoms with E-state index < -0.39 is 10.8 Å². The second-order valence-corrected chi connectivity index (χ2v) is 17.1. The molecule has 0 N–H and O–H groups in total. The Morgan fingerprint density at radius 2 is 0.667 bits per heavy atom. The second kappa shape index (κ2) is 13.8. The van der Waals surface area contributed by atoms with Crippen molar-refractivity contribution in [3.63, 3.8) is 0 Å². The van der Waals surface area contributed by atoms with Crippen molar-refractivity contribution in [2.24, 2.45) is 0 Å². The molecule has 0 bridgehead atoms. The average Bonchev–Trinajstić information content (AvgIpc) is 3.96. The summed E-state index contributed by atoms with van der Waals surface area (Å²) in [5.41, 5.74) is 23.0. The minimum absolute atomic E-state index is 0.459. The molecule has 13 rings (SSSR count). The molecule has 3 aliphatic carbocycles. The van der Waals surface area contributed by atoms with Gasteiger partial charge in [-0.3, -0.25) is 0 Å². The molecule has 294 valence electrons. The van der Waals surface area contributed by atoms with E-state index in [4.69, 9.17) is 0 Å². The highest BCUT2D eigenvalue weighted by atomic mass is 15.1. The Morgan fingerprint density at radius 1 is 0.254 bits per heavy atom. The zero-order valence-corrected chi connectivity index (χ0v) is 34.6. The van der Waals surface area contributed by atoms with Gasteiger partial charge >= 0.3 is 0 Å². The molecular weight excluding hydrogens is 759 g/mol. The molecule has 3 aliphatic rings. The van der Waals surface area contributed by atoms with E-state index in [1.165, 1.54) is 89.0 Å². The maximum absolute atomic E-state index is 2.53. The highest BCUT2D eigenvalue weighted by molar-refractivity contribution is 6.00. The average molecular weight is 800 g/mol. The molecule has 0 unspecified atom stereocenters. The van der Waals surface area contributed by atoms with Gasteiger partial charge in [0.2, 0.25) is 0 Å². The number of anilines is 3. The van der Waals surface area contributed by atoms with Crippen molar-refractivity contribution in [1.29, 1.82) is 0 Å². The molecule has 0 radical (unpaired) electrons. The van der Waals surface area contributed by atoms with Crippen LogP contribution < -0.4 is 4.90 Å².